The van der Waals surface area contributed by atoms with Gasteiger partial charge in [0, 0.05) is 50.5 Å². The summed E-state index contributed by atoms with van der Waals surface area (Å²) in [5.74, 6) is 1.28. The minimum absolute atomic E-state index is 0.0120. The standard InChI is InChI=1S/C28H28ClFN4O3/c29-27-15-19-14-20(30)8-9-24(19)34(27)28(35)31-21-4-3-5-22(16-21)33-12-10-32(11-13-33)17-23-18-36-25-6-1-2-7-26(25)37-23/h1-9,14,16,23,27H,10-13,15,17-18H2,(H,31,35). The molecule has 0 radical (unpaired) electrons. The average molecular weight is 523 g/mol. The second-order valence-corrected chi connectivity index (χ2v) is 10.1. The van der Waals surface area contributed by atoms with Crippen LogP contribution in [0.4, 0.5) is 26.2 Å². The Hall–Kier alpha value is -3.49. The second kappa shape index (κ2) is 10.1. The number of piperazine rings is 1. The second-order valence-electron chi connectivity index (χ2n) is 9.55. The topological polar surface area (TPSA) is 57.3 Å². The van der Waals surface area contributed by atoms with Gasteiger partial charge in [-0.2, -0.15) is 0 Å². The van der Waals surface area contributed by atoms with Crippen LogP contribution >= 0.6 is 11.6 Å². The van der Waals surface area contributed by atoms with Crippen LogP contribution in [0.25, 0.3) is 0 Å². The van der Waals surface area contributed by atoms with Crippen molar-refractivity contribution in [2.24, 2.45) is 0 Å². The number of ether oxygens (including phenoxy) is 2. The Morgan fingerprint density at radius 2 is 1.81 bits per heavy atom. The van der Waals surface area contributed by atoms with Crippen molar-refractivity contribution in [2.75, 3.05) is 54.4 Å². The number of anilines is 3. The summed E-state index contributed by atoms with van der Waals surface area (Å²) in [6, 6.07) is 19.7. The molecular formula is C28H28ClFN4O3. The Morgan fingerprint density at radius 1 is 1.00 bits per heavy atom. The molecule has 0 saturated carbocycles. The zero-order valence-corrected chi connectivity index (χ0v) is 21.0. The third-order valence-corrected chi connectivity index (χ3v) is 7.40. The Balaban J connectivity index is 1.05. The molecule has 3 aromatic carbocycles. The van der Waals surface area contributed by atoms with Gasteiger partial charge in [-0.1, -0.05) is 29.8 Å². The number of urea groups is 1. The molecule has 3 heterocycles. The summed E-state index contributed by atoms with van der Waals surface area (Å²) in [5, 5.41) is 2.96. The number of fused-ring (bicyclic) bond motifs is 2. The maximum absolute atomic E-state index is 13.6. The van der Waals surface area contributed by atoms with Gasteiger partial charge in [0.25, 0.3) is 0 Å². The highest BCUT2D eigenvalue weighted by Gasteiger charge is 2.33. The van der Waals surface area contributed by atoms with Gasteiger partial charge in [0.15, 0.2) is 11.5 Å². The quantitative estimate of drug-likeness (QED) is 0.388. The summed E-state index contributed by atoms with van der Waals surface area (Å²) in [4.78, 5) is 19.3. The lowest BCUT2D eigenvalue weighted by Gasteiger charge is -2.38. The number of rotatable bonds is 4. The van der Waals surface area contributed by atoms with E-state index in [1.165, 1.54) is 17.0 Å². The van der Waals surface area contributed by atoms with Gasteiger partial charge in [-0.15, -0.1) is 0 Å². The predicted molar refractivity (Wildman–Crippen MR) is 143 cm³/mol. The van der Waals surface area contributed by atoms with Gasteiger partial charge in [0.05, 0.1) is 5.69 Å². The molecule has 2 unspecified atom stereocenters. The summed E-state index contributed by atoms with van der Waals surface area (Å²) < 4.78 is 25.6. The number of benzene rings is 3. The van der Waals surface area contributed by atoms with E-state index in [1.807, 2.05) is 42.5 Å². The molecule has 0 spiro atoms. The van der Waals surface area contributed by atoms with Gasteiger partial charge in [-0.25, -0.2) is 9.18 Å². The van der Waals surface area contributed by atoms with Crippen LogP contribution in [-0.2, 0) is 6.42 Å². The highest BCUT2D eigenvalue weighted by Crippen LogP contribution is 2.35. The van der Waals surface area contributed by atoms with Crippen LogP contribution in [0.5, 0.6) is 11.5 Å². The van der Waals surface area contributed by atoms with E-state index in [4.69, 9.17) is 21.1 Å². The predicted octanol–water partition coefficient (Wildman–Crippen LogP) is 4.95. The fraction of sp³-hybridized carbons (Fsp3) is 0.321. The number of carbonyl (C=O) groups is 1. The van der Waals surface area contributed by atoms with E-state index in [0.717, 1.165) is 55.5 Å². The van der Waals surface area contributed by atoms with Crippen molar-refractivity contribution >= 4 is 34.7 Å². The Morgan fingerprint density at radius 3 is 2.65 bits per heavy atom. The van der Waals surface area contributed by atoms with Crippen LogP contribution in [0.2, 0.25) is 0 Å². The van der Waals surface area contributed by atoms with Crippen molar-refractivity contribution in [2.45, 2.75) is 18.0 Å². The first-order valence-electron chi connectivity index (χ1n) is 12.5. The van der Waals surface area contributed by atoms with Crippen molar-refractivity contribution in [3.05, 3.63) is 78.1 Å². The van der Waals surface area contributed by atoms with Crippen LogP contribution in [-0.4, -0.2) is 61.9 Å². The number of alkyl halides is 1. The minimum Gasteiger partial charge on any atom is -0.486 e. The molecule has 37 heavy (non-hydrogen) atoms. The number of halogens is 2. The normalized spacial score (nSPS) is 21.0. The fourth-order valence-corrected chi connectivity index (χ4v) is 5.57. The molecular weight excluding hydrogens is 495 g/mol. The number of carbonyl (C=O) groups excluding carboxylic acids is 1. The molecule has 3 aliphatic rings. The molecule has 2 atom stereocenters. The van der Waals surface area contributed by atoms with Gasteiger partial charge in [0.1, 0.15) is 24.0 Å². The van der Waals surface area contributed by atoms with E-state index in [1.54, 1.807) is 6.07 Å². The summed E-state index contributed by atoms with van der Waals surface area (Å²) in [6.45, 7) is 4.94. The van der Waals surface area contributed by atoms with Crippen molar-refractivity contribution in [1.82, 2.24) is 4.90 Å². The fourth-order valence-electron chi connectivity index (χ4n) is 5.21. The summed E-state index contributed by atoms with van der Waals surface area (Å²) in [7, 11) is 0. The Labute approximate surface area is 220 Å². The maximum atomic E-state index is 13.6. The molecule has 0 bridgehead atoms. The van der Waals surface area contributed by atoms with E-state index >= 15 is 0 Å². The lowest BCUT2D eigenvalue weighted by atomic mass is 10.2. The van der Waals surface area contributed by atoms with E-state index in [0.29, 0.717) is 24.4 Å². The first-order valence-corrected chi connectivity index (χ1v) is 13.0. The lowest BCUT2D eigenvalue weighted by Crippen LogP contribution is -2.50. The van der Waals surface area contributed by atoms with Gasteiger partial charge in [-0.3, -0.25) is 9.80 Å². The molecule has 1 fully saturated rings. The first kappa shape index (κ1) is 23.9. The van der Waals surface area contributed by atoms with Crippen molar-refractivity contribution in [3.8, 4) is 11.5 Å². The number of amides is 2. The molecule has 3 aromatic rings. The van der Waals surface area contributed by atoms with E-state index in [2.05, 4.69) is 21.2 Å². The molecule has 9 heteroatoms. The van der Waals surface area contributed by atoms with Crippen molar-refractivity contribution in [1.29, 1.82) is 0 Å². The zero-order valence-electron chi connectivity index (χ0n) is 20.3. The average Bonchev–Trinajstić information content (AvgIpc) is 3.24. The molecule has 1 saturated heterocycles. The SMILES string of the molecule is O=C(Nc1cccc(N2CCN(CC3COc4ccccc4O3)CC2)c1)N1c2ccc(F)cc2CC1Cl. The van der Waals surface area contributed by atoms with Crippen LogP contribution in [0, 0.1) is 5.82 Å². The molecule has 192 valence electrons. The largest absolute Gasteiger partial charge is 0.486 e. The highest BCUT2D eigenvalue weighted by molar-refractivity contribution is 6.26. The molecule has 6 rings (SSSR count). The van der Waals surface area contributed by atoms with Crippen LogP contribution < -0.4 is 24.6 Å². The molecule has 0 aliphatic carbocycles. The number of nitrogens with zero attached hydrogens (tertiary/aromatic N) is 3. The van der Waals surface area contributed by atoms with Gasteiger partial charge in [0.2, 0.25) is 0 Å². The molecule has 7 nitrogen and oxygen atoms in total. The van der Waals surface area contributed by atoms with Crippen LogP contribution in [0.3, 0.4) is 0 Å². The van der Waals surface area contributed by atoms with E-state index in [-0.39, 0.29) is 18.0 Å². The number of para-hydroxylation sites is 2. The van der Waals surface area contributed by atoms with Crippen molar-refractivity contribution < 1.29 is 18.7 Å². The van der Waals surface area contributed by atoms with Crippen molar-refractivity contribution in [3.63, 3.8) is 0 Å². The number of nitrogens with one attached hydrogen (secondary N) is 1. The molecule has 3 aliphatic heterocycles. The third kappa shape index (κ3) is 5.04. The smallest absolute Gasteiger partial charge is 0.327 e. The molecule has 1 N–H and O–H groups in total. The van der Waals surface area contributed by atoms with E-state index in [9.17, 15) is 9.18 Å². The first-order chi connectivity index (χ1) is 18.0. The monoisotopic (exact) mass is 522 g/mol. The zero-order chi connectivity index (χ0) is 25.4. The Kier molecular flexibility index (Phi) is 6.52. The molecule has 0 aromatic heterocycles. The maximum Gasteiger partial charge on any atom is 0.327 e. The third-order valence-electron chi connectivity index (χ3n) is 7.05. The lowest BCUT2D eigenvalue weighted by molar-refractivity contribution is 0.0571. The number of hydrogen-bond donors (Lipinski definition) is 1. The van der Waals surface area contributed by atoms with Gasteiger partial charge in [-0.05, 0) is 54.1 Å². The highest BCUT2D eigenvalue weighted by atomic mass is 35.5. The summed E-state index contributed by atoms with van der Waals surface area (Å²) in [6.07, 6.45) is 0.426. The van der Waals surface area contributed by atoms with Gasteiger partial charge >= 0.3 is 6.03 Å². The van der Waals surface area contributed by atoms with Crippen LogP contribution in [0.15, 0.2) is 66.7 Å². The minimum atomic E-state index is -0.555. The summed E-state index contributed by atoms with van der Waals surface area (Å²) >= 11 is 6.43. The van der Waals surface area contributed by atoms with E-state index < -0.39 is 5.50 Å². The van der Waals surface area contributed by atoms with Gasteiger partial charge < -0.3 is 19.7 Å². The van der Waals surface area contributed by atoms with Crippen LogP contribution in [0.1, 0.15) is 5.56 Å². The Bertz CT molecular complexity index is 1300. The molecule has 2 amide bonds. The summed E-state index contributed by atoms with van der Waals surface area (Å²) in [5.41, 5.74) is 2.56. The number of hydrogen-bond acceptors (Lipinski definition) is 5.